The summed E-state index contributed by atoms with van der Waals surface area (Å²) in [5, 5.41) is 17.4. The Morgan fingerprint density at radius 2 is 1.66 bits per heavy atom. The second-order valence-electron chi connectivity index (χ2n) is 8.22. The smallest absolute Gasteiger partial charge is 0.322 e. The van der Waals surface area contributed by atoms with Gasteiger partial charge in [0.25, 0.3) is 0 Å². The fraction of sp³-hybridized carbons (Fsp3) is 0.455. The number of aromatic nitrogens is 1. The van der Waals surface area contributed by atoms with Crippen LogP contribution in [0.5, 0.6) is 0 Å². The van der Waals surface area contributed by atoms with E-state index in [0.29, 0.717) is 6.42 Å². The van der Waals surface area contributed by atoms with Crippen molar-refractivity contribution >= 4 is 34.6 Å². The van der Waals surface area contributed by atoms with Gasteiger partial charge in [0.15, 0.2) is 0 Å². The molecule has 32 heavy (non-hydrogen) atoms. The van der Waals surface area contributed by atoms with Crippen molar-refractivity contribution in [3.63, 3.8) is 0 Å². The number of carboxylic acids is 1. The number of hydrogen-bond acceptors (Lipinski definition) is 5. The van der Waals surface area contributed by atoms with E-state index in [0.717, 1.165) is 16.5 Å². The third kappa shape index (κ3) is 7.09. The summed E-state index contributed by atoms with van der Waals surface area (Å²) in [6.45, 7) is 4.75. The van der Waals surface area contributed by atoms with E-state index in [1.807, 2.05) is 38.1 Å². The maximum absolute atomic E-state index is 13.0. The molecule has 0 aliphatic rings. The number of para-hydroxylation sites is 1. The van der Waals surface area contributed by atoms with E-state index in [1.165, 1.54) is 6.92 Å². The summed E-state index contributed by atoms with van der Waals surface area (Å²) in [5.74, 6) is -2.75. The minimum Gasteiger partial charge on any atom is -0.480 e. The Labute approximate surface area is 186 Å². The first-order valence-electron chi connectivity index (χ1n) is 10.5. The van der Waals surface area contributed by atoms with E-state index in [2.05, 4.69) is 20.9 Å². The zero-order valence-electron chi connectivity index (χ0n) is 18.5. The fourth-order valence-electron chi connectivity index (χ4n) is 3.29. The second kappa shape index (κ2) is 11.3. The molecule has 3 amide bonds. The van der Waals surface area contributed by atoms with Gasteiger partial charge in [-0.15, -0.1) is 0 Å². The SMILES string of the molecule is CC(C)CC(NC(=O)C(C)N)C(=O)NC(Cc1c[nH]c2ccccc12)C(=O)NCC(=O)O. The molecule has 0 saturated heterocycles. The van der Waals surface area contributed by atoms with E-state index in [1.54, 1.807) is 6.20 Å². The summed E-state index contributed by atoms with van der Waals surface area (Å²) in [6.07, 6.45) is 2.23. The van der Waals surface area contributed by atoms with Crippen molar-refractivity contribution in [1.82, 2.24) is 20.9 Å². The highest BCUT2D eigenvalue weighted by molar-refractivity contribution is 5.94. The molecule has 7 N–H and O–H groups in total. The molecule has 1 heterocycles. The number of carbonyl (C=O) groups is 4. The standard InChI is InChI=1S/C22H31N5O5/c1-12(2)8-17(26-20(30)13(3)23)22(32)27-18(21(31)25-11-19(28)29)9-14-10-24-16-7-5-4-6-15(14)16/h4-7,10,12-13,17-18,24H,8-9,11,23H2,1-3H3,(H,25,31)(H,26,30)(H,27,32)(H,28,29). The number of carboxylic acid groups (broad SMARTS) is 1. The van der Waals surface area contributed by atoms with Crippen molar-refractivity contribution in [2.24, 2.45) is 11.7 Å². The zero-order valence-corrected chi connectivity index (χ0v) is 18.5. The summed E-state index contributed by atoms with van der Waals surface area (Å²) in [4.78, 5) is 51.8. The number of benzene rings is 1. The van der Waals surface area contributed by atoms with Crippen molar-refractivity contribution in [3.05, 3.63) is 36.0 Å². The molecule has 3 atom stereocenters. The third-order valence-electron chi connectivity index (χ3n) is 4.90. The number of fused-ring (bicyclic) bond motifs is 1. The van der Waals surface area contributed by atoms with Crippen LogP contribution in [0.15, 0.2) is 30.5 Å². The van der Waals surface area contributed by atoms with Gasteiger partial charge >= 0.3 is 5.97 Å². The number of aromatic amines is 1. The van der Waals surface area contributed by atoms with Crippen molar-refractivity contribution in [2.45, 2.75) is 51.7 Å². The number of amides is 3. The van der Waals surface area contributed by atoms with Gasteiger partial charge in [-0.3, -0.25) is 19.2 Å². The Kier molecular flexibility index (Phi) is 8.77. The van der Waals surface area contributed by atoms with E-state index < -0.39 is 48.4 Å². The van der Waals surface area contributed by atoms with Crippen LogP contribution in [0.3, 0.4) is 0 Å². The summed E-state index contributed by atoms with van der Waals surface area (Å²) in [6, 6.07) is 4.80. The lowest BCUT2D eigenvalue weighted by atomic mass is 10.0. The van der Waals surface area contributed by atoms with Crippen molar-refractivity contribution in [2.75, 3.05) is 6.54 Å². The van der Waals surface area contributed by atoms with Crippen LogP contribution in [0, 0.1) is 5.92 Å². The number of nitrogens with one attached hydrogen (secondary N) is 4. The van der Waals surface area contributed by atoms with Gasteiger partial charge in [-0.2, -0.15) is 0 Å². The van der Waals surface area contributed by atoms with Gasteiger partial charge in [-0.25, -0.2) is 0 Å². The van der Waals surface area contributed by atoms with E-state index in [4.69, 9.17) is 10.8 Å². The molecular formula is C22H31N5O5. The first-order valence-corrected chi connectivity index (χ1v) is 10.5. The fourth-order valence-corrected chi connectivity index (χ4v) is 3.29. The Morgan fingerprint density at radius 3 is 2.28 bits per heavy atom. The molecule has 2 aromatic rings. The van der Waals surface area contributed by atoms with Crippen molar-refractivity contribution in [3.8, 4) is 0 Å². The normalized spacial score (nSPS) is 13.9. The lowest BCUT2D eigenvalue weighted by Crippen LogP contribution is -2.56. The van der Waals surface area contributed by atoms with Crippen LogP contribution in [-0.4, -0.2) is 58.5 Å². The quantitative estimate of drug-likeness (QED) is 0.290. The minimum atomic E-state index is -1.20. The summed E-state index contributed by atoms with van der Waals surface area (Å²) in [7, 11) is 0. The lowest BCUT2D eigenvalue weighted by molar-refractivity contribution is -0.138. The first kappa shape index (κ1) is 24.9. The molecule has 174 valence electrons. The Morgan fingerprint density at radius 1 is 1.00 bits per heavy atom. The van der Waals surface area contributed by atoms with Crippen LogP contribution >= 0.6 is 0 Å². The molecule has 0 aliphatic heterocycles. The van der Waals surface area contributed by atoms with Gasteiger partial charge in [-0.05, 0) is 30.9 Å². The van der Waals surface area contributed by atoms with Crippen molar-refractivity contribution in [1.29, 1.82) is 0 Å². The van der Waals surface area contributed by atoms with Gasteiger partial charge in [0.2, 0.25) is 17.7 Å². The molecule has 10 nitrogen and oxygen atoms in total. The molecular weight excluding hydrogens is 414 g/mol. The van der Waals surface area contributed by atoms with Gasteiger partial charge in [0, 0.05) is 23.5 Å². The average Bonchev–Trinajstić information content (AvgIpc) is 3.13. The molecule has 0 saturated carbocycles. The summed E-state index contributed by atoms with van der Waals surface area (Å²) >= 11 is 0. The van der Waals surface area contributed by atoms with Crippen LogP contribution in [0.25, 0.3) is 10.9 Å². The lowest BCUT2D eigenvalue weighted by Gasteiger charge is -2.24. The van der Waals surface area contributed by atoms with Crippen LogP contribution in [-0.2, 0) is 25.6 Å². The molecule has 0 fully saturated rings. The summed E-state index contributed by atoms with van der Waals surface area (Å²) < 4.78 is 0. The second-order valence-corrected chi connectivity index (χ2v) is 8.22. The van der Waals surface area contributed by atoms with Crippen molar-refractivity contribution < 1.29 is 24.3 Å². The minimum absolute atomic E-state index is 0.0898. The highest BCUT2D eigenvalue weighted by Crippen LogP contribution is 2.19. The highest BCUT2D eigenvalue weighted by atomic mass is 16.4. The van der Waals surface area contributed by atoms with Gasteiger partial charge in [-0.1, -0.05) is 32.0 Å². The molecule has 10 heteroatoms. The molecule has 0 spiro atoms. The predicted octanol–water partition coefficient (Wildman–Crippen LogP) is 0.274. The topological polar surface area (TPSA) is 166 Å². The first-order chi connectivity index (χ1) is 15.1. The van der Waals surface area contributed by atoms with E-state index in [9.17, 15) is 19.2 Å². The van der Waals surface area contributed by atoms with Gasteiger partial charge in [0.1, 0.15) is 18.6 Å². The maximum Gasteiger partial charge on any atom is 0.322 e. The molecule has 1 aromatic heterocycles. The molecule has 2 rings (SSSR count). The van der Waals surface area contributed by atoms with Crippen LogP contribution in [0.1, 0.15) is 32.8 Å². The Hall–Kier alpha value is -3.40. The van der Waals surface area contributed by atoms with E-state index >= 15 is 0 Å². The van der Waals surface area contributed by atoms with Crippen LogP contribution < -0.4 is 21.7 Å². The maximum atomic E-state index is 13.0. The number of rotatable bonds is 11. The summed E-state index contributed by atoms with van der Waals surface area (Å²) in [5.41, 5.74) is 7.27. The number of carbonyl (C=O) groups excluding carboxylic acids is 3. The number of aliphatic carboxylic acids is 1. The molecule has 0 aliphatic carbocycles. The monoisotopic (exact) mass is 445 g/mol. The number of H-pyrrole nitrogens is 1. The largest absolute Gasteiger partial charge is 0.480 e. The number of hydrogen-bond donors (Lipinski definition) is 6. The van der Waals surface area contributed by atoms with Crippen LogP contribution in [0.4, 0.5) is 0 Å². The van der Waals surface area contributed by atoms with Gasteiger partial charge in [0.05, 0.1) is 6.04 Å². The van der Waals surface area contributed by atoms with E-state index in [-0.39, 0.29) is 12.3 Å². The molecule has 1 aromatic carbocycles. The molecule has 3 unspecified atom stereocenters. The molecule has 0 radical (unpaired) electrons. The third-order valence-corrected chi connectivity index (χ3v) is 4.90. The zero-order chi connectivity index (χ0) is 23.8. The van der Waals surface area contributed by atoms with Crippen LogP contribution in [0.2, 0.25) is 0 Å². The Balaban J connectivity index is 2.24. The predicted molar refractivity (Wildman–Crippen MR) is 120 cm³/mol. The molecule has 0 bridgehead atoms. The Bertz CT molecular complexity index is 969. The van der Waals surface area contributed by atoms with Gasteiger partial charge < -0.3 is 31.8 Å². The number of nitrogens with two attached hydrogens (primary N) is 1. The highest BCUT2D eigenvalue weighted by Gasteiger charge is 2.29. The average molecular weight is 446 g/mol.